The van der Waals surface area contributed by atoms with Gasteiger partial charge in [0.1, 0.15) is 12.1 Å². The molecule has 1 atom stereocenters. The molecule has 132 valence electrons. The Bertz CT molecular complexity index is 756. The number of aryl methyl sites for hydroxylation is 1. The fourth-order valence-electron chi connectivity index (χ4n) is 4.03. The molecule has 1 aromatic carbocycles. The van der Waals surface area contributed by atoms with Crippen LogP contribution in [0.25, 0.3) is 0 Å². The number of carbonyl (C=O) groups is 3. The van der Waals surface area contributed by atoms with Crippen LogP contribution in [0.15, 0.2) is 18.2 Å². The number of hydrogen-bond acceptors (Lipinski definition) is 3. The predicted octanol–water partition coefficient (Wildman–Crippen LogP) is 2.22. The molecule has 2 N–H and O–H groups in total. The molecule has 1 heterocycles. The van der Waals surface area contributed by atoms with Crippen molar-refractivity contribution in [3.05, 3.63) is 29.3 Å². The summed E-state index contributed by atoms with van der Waals surface area (Å²) < 4.78 is 0. The number of fused-ring (bicyclic) bond motifs is 1. The quantitative estimate of drug-likeness (QED) is 0.824. The van der Waals surface area contributed by atoms with Crippen molar-refractivity contribution in [2.24, 2.45) is 5.92 Å². The highest BCUT2D eigenvalue weighted by Gasteiger charge is 2.56. The normalized spacial score (nSPS) is 25.6. The number of nitrogens with zero attached hydrogens (tertiary/aromatic N) is 1. The molecule has 6 heteroatoms. The third-order valence-corrected chi connectivity index (χ3v) is 5.67. The van der Waals surface area contributed by atoms with Gasteiger partial charge in [-0.2, -0.15) is 0 Å². The standard InChI is InChI=1S/C19H23N3O3/c1-19(13-9-10-13)17(24)22(18(25)21-19)11-16(23)20-15-8-4-6-12-5-2-3-7-14(12)15/h4,6,8,13H,2-3,5,7,9-11H2,1H3,(H,20,23)(H,21,25). The number of amides is 4. The van der Waals surface area contributed by atoms with Gasteiger partial charge in [0, 0.05) is 5.69 Å². The van der Waals surface area contributed by atoms with Gasteiger partial charge in [0.25, 0.3) is 5.91 Å². The lowest BCUT2D eigenvalue weighted by atomic mass is 9.90. The summed E-state index contributed by atoms with van der Waals surface area (Å²) in [4.78, 5) is 38.3. The molecule has 4 amide bonds. The average Bonchev–Trinajstić information content (AvgIpc) is 3.42. The summed E-state index contributed by atoms with van der Waals surface area (Å²) in [5, 5.41) is 5.67. The van der Waals surface area contributed by atoms with Crippen LogP contribution in [0.4, 0.5) is 10.5 Å². The Morgan fingerprint density at radius 2 is 2.04 bits per heavy atom. The fraction of sp³-hybridized carbons (Fsp3) is 0.526. The van der Waals surface area contributed by atoms with E-state index in [1.54, 1.807) is 6.92 Å². The van der Waals surface area contributed by atoms with Gasteiger partial charge >= 0.3 is 6.03 Å². The van der Waals surface area contributed by atoms with E-state index in [1.807, 2.05) is 12.1 Å². The summed E-state index contributed by atoms with van der Waals surface area (Å²) in [6.07, 6.45) is 6.16. The van der Waals surface area contributed by atoms with Crippen LogP contribution >= 0.6 is 0 Å². The molecule has 1 saturated heterocycles. The van der Waals surface area contributed by atoms with E-state index >= 15 is 0 Å². The summed E-state index contributed by atoms with van der Waals surface area (Å²) in [5.74, 6) is -0.425. The lowest BCUT2D eigenvalue weighted by Gasteiger charge is -2.21. The van der Waals surface area contributed by atoms with Crippen molar-refractivity contribution in [1.82, 2.24) is 10.2 Å². The minimum atomic E-state index is -0.844. The van der Waals surface area contributed by atoms with Crippen molar-refractivity contribution < 1.29 is 14.4 Å². The first kappa shape index (κ1) is 16.1. The van der Waals surface area contributed by atoms with Crippen molar-refractivity contribution in [2.45, 2.75) is 51.0 Å². The number of nitrogens with one attached hydrogen (secondary N) is 2. The molecule has 2 fully saturated rings. The summed E-state index contributed by atoms with van der Waals surface area (Å²) in [6, 6.07) is 5.47. The van der Waals surface area contributed by atoms with Crippen molar-refractivity contribution in [1.29, 1.82) is 0 Å². The SMILES string of the molecule is CC1(C2CC2)NC(=O)N(CC(=O)Nc2cccc3c2CCCC3)C1=O. The van der Waals surface area contributed by atoms with Crippen molar-refractivity contribution in [3.63, 3.8) is 0 Å². The second-order valence-electron chi connectivity index (χ2n) is 7.50. The first-order chi connectivity index (χ1) is 12.0. The van der Waals surface area contributed by atoms with Crippen LogP contribution in [0.1, 0.15) is 43.7 Å². The second kappa shape index (κ2) is 5.86. The fourth-order valence-corrected chi connectivity index (χ4v) is 4.03. The number of benzene rings is 1. The molecular weight excluding hydrogens is 318 g/mol. The van der Waals surface area contributed by atoms with Gasteiger partial charge in [-0.05, 0) is 68.6 Å². The lowest BCUT2D eigenvalue weighted by Crippen LogP contribution is -2.46. The lowest BCUT2D eigenvalue weighted by molar-refractivity contribution is -0.134. The zero-order chi connectivity index (χ0) is 17.6. The molecule has 3 aliphatic rings. The molecule has 4 rings (SSSR count). The van der Waals surface area contributed by atoms with Gasteiger partial charge in [0.05, 0.1) is 0 Å². The highest BCUT2D eigenvalue weighted by atomic mass is 16.2. The summed E-state index contributed by atoms with van der Waals surface area (Å²) >= 11 is 0. The van der Waals surface area contributed by atoms with E-state index in [2.05, 4.69) is 16.7 Å². The van der Waals surface area contributed by atoms with Crippen LogP contribution in [-0.4, -0.2) is 34.8 Å². The minimum Gasteiger partial charge on any atom is -0.324 e. The van der Waals surface area contributed by atoms with Crippen LogP contribution in [0.2, 0.25) is 0 Å². The average molecular weight is 341 g/mol. The van der Waals surface area contributed by atoms with Gasteiger partial charge in [0.2, 0.25) is 5.91 Å². The van der Waals surface area contributed by atoms with E-state index < -0.39 is 11.6 Å². The summed E-state index contributed by atoms with van der Waals surface area (Å²) in [6.45, 7) is 1.52. The molecule has 2 aliphatic carbocycles. The highest BCUT2D eigenvalue weighted by Crippen LogP contribution is 2.42. The second-order valence-corrected chi connectivity index (χ2v) is 7.50. The Labute approximate surface area is 147 Å². The molecule has 0 spiro atoms. The molecule has 1 aromatic rings. The Morgan fingerprint density at radius 3 is 2.80 bits per heavy atom. The molecule has 1 aliphatic heterocycles. The first-order valence-corrected chi connectivity index (χ1v) is 9.04. The third-order valence-electron chi connectivity index (χ3n) is 5.67. The Hall–Kier alpha value is -2.37. The Morgan fingerprint density at radius 1 is 1.28 bits per heavy atom. The zero-order valence-electron chi connectivity index (χ0n) is 14.4. The molecule has 0 radical (unpaired) electrons. The first-order valence-electron chi connectivity index (χ1n) is 9.04. The Balaban J connectivity index is 1.46. The maximum atomic E-state index is 12.6. The van der Waals surface area contributed by atoms with Crippen LogP contribution in [0.3, 0.4) is 0 Å². The molecule has 6 nitrogen and oxygen atoms in total. The molecular formula is C19H23N3O3. The molecule has 0 bridgehead atoms. The topological polar surface area (TPSA) is 78.5 Å². The maximum Gasteiger partial charge on any atom is 0.325 e. The molecule has 0 aromatic heterocycles. The van der Waals surface area contributed by atoms with Gasteiger partial charge in [-0.3, -0.25) is 14.5 Å². The van der Waals surface area contributed by atoms with Gasteiger partial charge in [-0.25, -0.2) is 4.79 Å². The van der Waals surface area contributed by atoms with Crippen molar-refractivity contribution in [2.75, 3.05) is 11.9 Å². The summed E-state index contributed by atoms with van der Waals surface area (Å²) in [5.41, 5.74) is 2.42. The number of imide groups is 1. The molecule has 1 unspecified atom stereocenters. The summed E-state index contributed by atoms with van der Waals surface area (Å²) in [7, 11) is 0. The van der Waals surface area contributed by atoms with Crippen LogP contribution in [0.5, 0.6) is 0 Å². The number of carbonyl (C=O) groups excluding carboxylic acids is 3. The van der Waals surface area contributed by atoms with Crippen molar-refractivity contribution in [3.8, 4) is 0 Å². The monoisotopic (exact) mass is 341 g/mol. The Kier molecular flexibility index (Phi) is 3.78. The maximum absolute atomic E-state index is 12.6. The van der Waals surface area contributed by atoms with Gasteiger partial charge in [-0.15, -0.1) is 0 Å². The smallest absolute Gasteiger partial charge is 0.324 e. The minimum absolute atomic E-state index is 0.193. The number of rotatable bonds is 4. The highest BCUT2D eigenvalue weighted by molar-refractivity contribution is 6.10. The number of urea groups is 1. The van der Waals surface area contributed by atoms with E-state index in [4.69, 9.17) is 0 Å². The number of hydrogen-bond donors (Lipinski definition) is 2. The van der Waals surface area contributed by atoms with E-state index in [0.717, 1.165) is 42.7 Å². The molecule has 25 heavy (non-hydrogen) atoms. The van der Waals surface area contributed by atoms with Gasteiger partial charge in [0.15, 0.2) is 0 Å². The van der Waals surface area contributed by atoms with Gasteiger partial charge in [-0.1, -0.05) is 12.1 Å². The largest absolute Gasteiger partial charge is 0.325 e. The van der Waals surface area contributed by atoms with Crippen LogP contribution in [0, 0.1) is 5.92 Å². The van der Waals surface area contributed by atoms with Crippen LogP contribution < -0.4 is 10.6 Å². The van der Waals surface area contributed by atoms with E-state index in [1.165, 1.54) is 17.5 Å². The number of anilines is 1. The zero-order valence-corrected chi connectivity index (χ0v) is 14.4. The van der Waals surface area contributed by atoms with Crippen LogP contribution in [-0.2, 0) is 22.4 Å². The predicted molar refractivity (Wildman–Crippen MR) is 93.1 cm³/mol. The van der Waals surface area contributed by atoms with E-state index in [0.29, 0.717) is 0 Å². The van der Waals surface area contributed by atoms with E-state index in [-0.39, 0.29) is 24.3 Å². The third kappa shape index (κ3) is 2.79. The molecule has 1 saturated carbocycles. The van der Waals surface area contributed by atoms with E-state index in [9.17, 15) is 14.4 Å². The van der Waals surface area contributed by atoms with Crippen molar-refractivity contribution >= 4 is 23.5 Å². The van der Waals surface area contributed by atoms with Gasteiger partial charge < -0.3 is 10.6 Å².